The Morgan fingerprint density at radius 2 is 2.29 bits per heavy atom. The summed E-state index contributed by atoms with van der Waals surface area (Å²) in [6.45, 7) is 1.06. The zero-order valence-electron chi connectivity index (χ0n) is 17.1. The Bertz CT molecular complexity index is 1030. The number of urea groups is 1. The van der Waals surface area contributed by atoms with Crippen LogP contribution in [0, 0.1) is 11.3 Å². The number of rotatable bonds is 5. The fraction of sp³-hybridized carbons (Fsp3) is 0.526. The molecule has 2 aliphatic heterocycles. The van der Waals surface area contributed by atoms with E-state index >= 15 is 0 Å². The van der Waals surface area contributed by atoms with E-state index in [4.69, 9.17) is 21.1 Å². The largest absolute Gasteiger partial charge is 0.374 e. The second kappa shape index (κ2) is 7.74. The maximum absolute atomic E-state index is 11.4. The second-order valence-electron chi connectivity index (χ2n) is 8.08. The maximum Gasteiger partial charge on any atom is 0.340 e. The molecular weight excluding hydrogens is 424 g/mol. The Morgan fingerprint density at radius 1 is 1.42 bits per heavy atom. The summed E-state index contributed by atoms with van der Waals surface area (Å²) in [5.74, 6) is 0.947. The minimum Gasteiger partial charge on any atom is -0.374 e. The van der Waals surface area contributed by atoms with Gasteiger partial charge in [-0.05, 0) is 6.42 Å². The minimum absolute atomic E-state index is 0.0409. The first-order valence-corrected chi connectivity index (χ1v) is 10.4. The van der Waals surface area contributed by atoms with Crippen LogP contribution in [-0.2, 0) is 16.5 Å². The summed E-state index contributed by atoms with van der Waals surface area (Å²) in [6, 6.07) is -0.257. The Balaban J connectivity index is 1.25. The highest BCUT2D eigenvalue weighted by Gasteiger charge is 2.68. The molecule has 164 valence electrons. The van der Waals surface area contributed by atoms with Crippen LogP contribution in [0.1, 0.15) is 6.42 Å². The van der Waals surface area contributed by atoms with Crippen molar-refractivity contribution in [2.75, 3.05) is 30.9 Å². The van der Waals surface area contributed by atoms with Crippen LogP contribution in [0.25, 0.3) is 0 Å². The molecule has 1 aliphatic carbocycles. The standard InChI is InChI=1S/C19H23ClN8O3/c1-21-18(29)23-4-10-8-30-15-14(10)31-9-19(15)3-13(19)26-16-12(20)6-22-17(27-16)25-11-5-24-28(2)7-11/h4-7,10,13-15H,3,8-9H2,1-2H3,(H,21,29)(H2,22,25,26,27)/t10-,13?,14?,15?,19?/m0/s1. The van der Waals surface area contributed by atoms with E-state index in [1.807, 2.05) is 13.2 Å². The number of fused-ring (bicyclic) bond motifs is 2. The quantitative estimate of drug-likeness (QED) is 0.591. The van der Waals surface area contributed by atoms with Gasteiger partial charge >= 0.3 is 6.03 Å². The average molecular weight is 447 g/mol. The molecule has 1 spiro atoms. The molecule has 2 amide bonds. The van der Waals surface area contributed by atoms with Crippen molar-refractivity contribution in [2.24, 2.45) is 23.4 Å². The van der Waals surface area contributed by atoms with Gasteiger partial charge in [0.05, 0.1) is 43.5 Å². The van der Waals surface area contributed by atoms with Crippen LogP contribution in [0.15, 0.2) is 23.6 Å². The lowest BCUT2D eigenvalue weighted by atomic mass is 9.94. The molecule has 3 N–H and O–H groups in total. The Hall–Kier alpha value is -2.76. The summed E-state index contributed by atoms with van der Waals surface area (Å²) in [5.41, 5.74) is 0.653. The van der Waals surface area contributed by atoms with E-state index in [9.17, 15) is 4.79 Å². The average Bonchev–Trinajstić information content (AvgIpc) is 3.06. The monoisotopic (exact) mass is 446 g/mol. The van der Waals surface area contributed by atoms with Crippen molar-refractivity contribution in [2.45, 2.75) is 24.7 Å². The van der Waals surface area contributed by atoms with Crippen LogP contribution in [0.4, 0.5) is 22.2 Å². The van der Waals surface area contributed by atoms with Gasteiger partial charge in [0.1, 0.15) is 5.02 Å². The molecule has 2 saturated heterocycles. The van der Waals surface area contributed by atoms with Gasteiger partial charge in [-0.2, -0.15) is 10.1 Å². The molecule has 0 radical (unpaired) electrons. The zero-order chi connectivity index (χ0) is 21.6. The highest BCUT2D eigenvalue weighted by Crippen LogP contribution is 2.59. The van der Waals surface area contributed by atoms with Crippen molar-refractivity contribution in [3.05, 3.63) is 23.6 Å². The van der Waals surface area contributed by atoms with Crippen molar-refractivity contribution in [3.8, 4) is 0 Å². The van der Waals surface area contributed by atoms with Crippen LogP contribution in [0.2, 0.25) is 5.02 Å². The van der Waals surface area contributed by atoms with E-state index < -0.39 is 0 Å². The Labute approximate surface area is 183 Å². The third kappa shape index (κ3) is 3.73. The van der Waals surface area contributed by atoms with Gasteiger partial charge in [0.2, 0.25) is 5.95 Å². The first-order chi connectivity index (χ1) is 15.0. The molecule has 5 atom stereocenters. The van der Waals surface area contributed by atoms with Gasteiger partial charge in [-0.1, -0.05) is 11.6 Å². The lowest BCUT2D eigenvalue weighted by molar-refractivity contribution is 0.0578. The summed E-state index contributed by atoms with van der Waals surface area (Å²) >= 11 is 6.34. The first kappa shape index (κ1) is 20.2. The molecule has 12 heteroatoms. The number of hydrogen-bond donors (Lipinski definition) is 3. The molecule has 4 heterocycles. The van der Waals surface area contributed by atoms with Crippen molar-refractivity contribution in [1.29, 1.82) is 0 Å². The lowest BCUT2D eigenvalue weighted by Gasteiger charge is -2.17. The normalized spacial score (nSPS) is 31.2. The van der Waals surface area contributed by atoms with Crippen molar-refractivity contribution >= 4 is 41.3 Å². The highest BCUT2D eigenvalue weighted by atomic mass is 35.5. The lowest BCUT2D eigenvalue weighted by Crippen LogP contribution is -2.31. The van der Waals surface area contributed by atoms with Gasteiger partial charge < -0.3 is 25.4 Å². The number of carbonyl (C=O) groups excluding carboxylic acids is 1. The molecule has 2 aromatic rings. The Kier molecular flexibility index (Phi) is 5.03. The number of hydrogen-bond acceptors (Lipinski definition) is 8. The summed E-state index contributed by atoms with van der Waals surface area (Å²) in [5, 5.41) is 13.6. The van der Waals surface area contributed by atoms with E-state index in [1.165, 1.54) is 0 Å². The van der Waals surface area contributed by atoms with Crippen molar-refractivity contribution in [1.82, 2.24) is 25.1 Å². The SMILES string of the molecule is CNC(=O)N=C[C@H]1COC2C1OCC21CC1Nc1nc(Nc2cnn(C)c2)ncc1Cl. The Morgan fingerprint density at radius 3 is 3.06 bits per heavy atom. The number of halogens is 1. The number of carbonyl (C=O) groups is 1. The van der Waals surface area contributed by atoms with E-state index in [0.29, 0.717) is 30.0 Å². The molecule has 31 heavy (non-hydrogen) atoms. The number of aliphatic imine (C=N–C) groups is 1. The molecule has 3 fully saturated rings. The van der Waals surface area contributed by atoms with Crippen LogP contribution >= 0.6 is 11.6 Å². The topological polar surface area (TPSA) is 128 Å². The molecule has 1 saturated carbocycles. The molecule has 11 nitrogen and oxygen atoms in total. The molecule has 4 unspecified atom stereocenters. The molecule has 0 bridgehead atoms. The fourth-order valence-corrected chi connectivity index (χ4v) is 4.47. The number of nitrogens with one attached hydrogen (secondary N) is 3. The summed E-state index contributed by atoms with van der Waals surface area (Å²) in [7, 11) is 3.38. The number of anilines is 3. The van der Waals surface area contributed by atoms with Gasteiger partial charge in [0, 0.05) is 43.9 Å². The minimum atomic E-state index is -0.378. The van der Waals surface area contributed by atoms with E-state index in [1.54, 1.807) is 30.3 Å². The fourth-order valence-electron chi connectivity index (χ4n) is 4.32. The van der Waals surface area contributed by atoms with E-state index in [0.717, 1.165) is 12.1 Å². The number of ether oxygens (including phenoxy) is 2. The van der Waals surface area contributed by atoms with Crippen LogP contribution < -0.4 is 16.0 Å². The number of aromatic nitrogens is 4. The summed E-state index contributed by atoms with van der Waals surface area (Å²) in [4.78, 5) is 24.1. The van der Waals surface area contributed by atoms with Crippen LogP contribution in [0.3, 0.4) is 0 Å². The summed E-state index contributed by atoms with van der Waals surface area (Å²) < 4.78 is 13.8. The van der Waals surface area contributed by atoms with E-state index in [2.05, 4.69) is 36.0 Å². The third-order valence-corrected chi connectivity index (χ3v) is 6.31. The smallest absolute Gasteiger partial charge is 0.340 e. The number of nitrogens with zero attached hydrogens (tertiary/aromatic N) is 5. The van der Waals surface area contributed by atoms with Crippen molar-refractivity contribution in [3.63, 3.8) is 0 Å². The van der Waals surface area contributed by atoms with E-state index in [-0.39, 0.29) is 35.6 Å². The third-order valence-electron chi connectivity index (χ3n) is 6.03. The molecule has 2 aromatic heterocycles. The predicted octanol–water partition coefficient (Wildman–Crippen LogP) is 1.60. The van der Waals surface area contributed by atoms with Gasteiger partial charge in [-0.25, -0.2) is 14.8 Å². The molecule has 5 rings (SSSR count). The zero-order valence-corrected chi connectivity index (χ0v) is 17.8. The van der Waals surface area contributed by atoms with Crippen LogP contribution in [-0.4, -0.2) is 70.5 Å². The number of amides is 2. The molecule has 3 aliphatic rings. The first-order valence-electron chi connectivity index (χ1n) is 10.0. The second-order valence-corrected chi connectivity index (χ2v) is 8.49. The van der Waals surface area contributed by atoms with Gasteiger partial charge in [0.25, 0.3) is 0 Å². The summed E-state index contributed by atoms with van der Waals surface area (Å²) in [6.07, 6.45) is 7.44. The maximum atomic E-state index is 11.4. The van der Waals surface area contributed by atoms with Crippen LogP contribution in [0.5, 0.6) is 0 Å². The molecule has 0 aromatic carbocycles. The highest BCUT2D eigenvalue weighted by molar-refractivity contribution is 6.32. The van der Waals surface area contributed by atoms with Gasteiger partial charge in [-0.3, -0.25) is 4.68 Å². The van der Waals surface area contributed by atoms with Gasteiger partial charge in [0.15, 0.2) is 5.82 Å². The predicted molar refractivity (Wildman–Crippen MR) is 114 cm³/mol. The molecular formula is C19H23ClN8O3. The van der Waals surface area contributed by atoms with Crippen molar-refractivity contribution < 1.29 is 14.3 Å². The number of aryl methyl sites for hydroxylation is 1. The van der Waals surface area contributed by atoms with Gasteiger partial charge in [-0.15, -0.1) is 0 Å².